The molecule has 136 valence electrons. The highest BCUT2D eigenvalue weighted by Gasteiger charge is 2.25. The minimum atomic E-state index is -0.312. The van der Waals surface area contributed by atoms with Crippen LogP contribution in [0.25, 0.3) is 21.5 Å². The zero-order valence-electron chi connectivity index (χ0n) is 15.2. The van der Waals surface area contributed by atoms with Gasteiger partial charge in [-0.05, 0) is 32.7 Å². The Hall–Kier alpha value is -3.34. The first-order valence-electron chi connectivity index (χ1n) is 8.63. The van der Waals surface area contributed by atoms with E-state index in [1.165, 1.54) is 24.6 Å². The Morgan fingerprint density at radius 2 is 1.37 bits per heavy atom. The van der Waals surface area contributed by atoms with Gasteiger partial charge in [0.1, 0.15) is 0 Å². The summed E-state index contributed by atoms with van der Waals surface area (Å²) in [6.07, 6.45) is 0.487. The number of carbonyl (C=O) groups is 4. The molecule has 0 unspecified atom stereocenters. The zero-order chi connectivity index (χ0) is 19.6. The molecule has 0 bridgehead atoms. The van der Waals surface area contributed by atoms with Crippen LogP contribution in [-0.4, -0.2) is 23.4 Å². The number of carbonyl (C=O) groups excluding carboxylic acids is 4. The van der Waals surface area contributed by atoms with Crippen LogP contribution in [0.5, 0.6) is 0 Å². The van der Waals surface area contributed by atoms with E-state index < -0.39 is 0 Å². The predicted octanol–water partition coefficient (Wildman–Crippen LogP) is 2.90. The second kappa shape index (κ2) is 7.50. The van der Waals surface area contributed by atoms with E-state index in [1.54, 1.807) is 0 Å². The van der Waals surface area contributed by atoms with Crippen molar-refractivity contribution in [2.45, 2.75) is 26.7 Å². The van der Waals surface area contributed by atoms with Crippen LogP contribution in [0.2, 0.25) is 0 Å². The Morgan fingerprint density at radius 3 is 2.04 bits per heavy atom. The molecule has 0 atom stereocenters. The van der Waals surface area contributed by atoms with Gasteiger partial charge in [-0.15, -0.1) is 0 Å². The van der Waals surface area contributed by atoms with Crippen LogP contribution in [0, 0.1) is 0 Å². The average molecular weight is 361 g/mol. The van der Waals surface area contributed by atoms with Crippen LogP contribution < -0.4 is 5.32 Å². The Bertz CT molecular complexity index is 1090. The number of nitrogens with one attached hydrogen (secondary N) is 1. The van der Waals surface area contributed by atoms with Gasteiger partial charge < -0.3 is 0 Å². The number of hydrogen-bond acceptors (Lipinski definition) is 4. The molecule has 3 aromatic rings. The summed E-state index contributed by atoms with van der Waals surface area (Å²) in [6.45, 7) is 2.59. The highest BCUT2D eigenvalue weighted by Crippen LogP contribution is 2.31. The van der Waals surface area contributed by atoms with Crippen molar-refractivity contribution in [2.75, 3.05) is 0 Å². The first-order chi connectivity index (χ1) is 12.9. The summed E-state index contributed by atoms with van der Waals surface area (Å²) in [5.41, 5.74) is 2.02. The van der Waals surface area contributed by atoms with Gasteiger partial charge in [0, 0.05) is 26.7 Å². The maximum Gasteiger partial charge on any atom is 0.223 e. The van der Waals surface area contributed by atoms with Crippen molar-refractivity contribution >= 4 is 44.9 Å². The standard InChI is InChI=1S/C18H12O2.C4H7NO2/c19-17-9-12-6-8-14-13-4-2-1-3-11(13)5-7-15(14)16(12)10-18(17)20;1-3(6)5-4(2)7/h1-8H,9-10H2;1-2H3,(H,5,6,7). The molecule has 1 N–H and O–H groups in total. The van der Waals surface area contributed by atoms with Gasteiger partial charge in [-0.25, -0.2) is 0 Å². The summed E-state index contributed by atoms with van der Waals surface area (Å²) in [6, 6.07) is 16.4. The molecule has 0 heterocycles. The molecule has 1 aliphatic rings. The summed E-state index contributed by atoms with van der Waals surface area (Å²) in [5.74, 6) is -1.16. The van der Waals surface area contributed by atoms with Crippen molar-refractivity contribution in [2.24, 2.45) is 0 Å². The normalized spacial score (nSPS) is 13.0. The van der Waals surface area contributed by atoms with Crippen LogP contribution in [0.1, 0.15) is 25.0 Å². The number of imide groups is 1. The molecular weight excluding hydrogens is 342 g/mol. The lowest BCUT2D eigenvalue weighted by atomic mass is 9.85. The number of benzene rings is 3. The smallest absolute Gasteiger partial charge is 0.223 e. The molecule has 1 aliphatic carbocycles. The second-order valence-corrected chi connectivity index (χ2v) is 6.52. The largest absolute Gasteiger partial charge is 0.297 e. The Labute approximate surface area is 156 Å². The minimum absolute atomic E-state index is 0.240. The SMILES string of the molecule is CC(=O)NC(C)=O.O=C1Cc2ccc3c(ccc4ccccc43)c2CC1=O. The van der Waals surface area contributed by atoms with Crippen LogP contribution >= 0.6 is 0 Å². The highest BCUT2D eigenvalue weighted by molar-refractivity contribution is 6.39. The Kier molecular flexibility index (Phi) is 5.12. The van der Waals surface area contributed by atoms with E-state index in [9.17, 15) is 19.2 Å². The highest BCUT2D eigenvalue weighted by atomic mass is 16.2. The first kappa shape index (κ1) is 18.5. The molecule has 5 nitrogen and oxygen atoms in total. The number of rotatable bonds is 0. The maximum absolute atomic E-state index is 11.7. The van der Waals surface area contributed by atoms with Crippen molar-refractivity contribution in [3.05, 3.63) is 59.7 Å². The lowest BCUT2D eigenvalue weighted by Crippen LogP contribution is -2.25. The van der Waals surface area contributed by atoms with Crippen molar-refractivity contribution in [3.8, 4) is 0 Å². The number of Topliss-reactive ketones (excluding diaryl/α,β-unsaturated/α-hetero) is 2. The molecule has 0 aliphatic heterocycles. The Balaban J connectivity index is 0.000000260. The van der Waals surface area contributed by atoms with Gasteiger partial charge >= 0.3 is 0 Å². The lowest BCUT2D eigenvalue weighted by Gasteiger charge is -2.17. The van der Waals surface area contributed by atoms with E-state index in [-0.39, 0.29) is 36.2 Å². The minimum Gasteiger partial charge on any atom is -0.297 e. The van der Waals surface area contributed by atoms with Crippen LogP contribution in [0.15, 0.2) is 48.5 Å². The van der Waals surface area contributed by atoms with Gasteiger partial charge in [0.2, 0.25) is 23.4 Å². The van der Waals surface area contributed by atoms with Gasteiger partial charge in [0.25, 0.3) is 0 Å². The summed E-state index contributed by atoms with van der Waals surface area (Å²) in [4.78, 5) is 43.1. The van der Waals surface area contributed by atoms with Crippen molar-refractivity contribution in [1.29, 1.82) is 0 Å². The number of hydrogen-bond donors (Lipinski definition) is 1. The summed E-state index contributed by atoms with van der Waals surface area (Å²) >= 11 is 0. The fourth-order valence-corrected chi connectivity index (χ4v) is 3.35. The third kappa shape index (κ3) is 3.92. The van der Waals surface area contributed by atoms with E-state index in [0.29, 0.717) is 0 Å². The van der Waals surface area contributed by atoms with Gasteiger partial charge in [-0.3, -0.25) is 24.5 Å². The van der Waals surface area contributed by atoms with E-state index in [1.807, 2.05) is 23.5 Å². The fourth-order valence-electron chi connectivity index (χ4n) is 3.35. The average Bonchev–Trinajstić information content (AvgIpc) is 2.61. The molecule has 4 rings (SSSR count). The van der Waals surface area contributed by atoms with E-state index >= 15 is 0 Å². The maximum atomic E-state index is 11.7. The fraction of sp³-hybridized carbons (Fsp3) is 0.182. The van der Waals surface area contributed by atoms with Crippen LogP contribution in [-0.2, 0) is 32.0 Å². The van der Waals surface area contributed by atoms with Gasteiger partial charge in [0.05, 0.1) is 0 Å². The quantitative estimate of drug-likeness (QED) is 0.493. The molecule has 0 spiro atoms. The molecule has 0 fully saturated rings. The molecule has 0 saturated heterocycles. The van der Waals surface area contributed by atoms with Gasteiger partial charge in [0.15, 0.2) is 0 Å². The first-order valence-corrected chi connectivity index (χ1v) is 8.63. The third-order valence-electron chi connectivity index (χ3n) is 4.49. The lowest BCUT2D eigenvalue weighted by molar-refractivity contribution is -0.136. The topological polar surface area (TPSA) is 80.3 Å². The summed E-state index contributed by atoms with van der Waals surface area (Å²) in [5, 5.41) is 6.67. The van der Waals surface area contributed by atoms with E-state index in [2.05, 4.69) is 30.3 Å². The van der Waals surface area contributed by atoms with E-state index in [0.717, 1.165) is 21.9 Å². The molecule has 5 heteroatoms. The molecule has 0 aromatic heterocycles. The summed E-state index contributed by atoms with van der Waals surface area (Å²) in [7, 11) is 0. The van der Waals surface area contributed by atoms with Crippen LogP contribution in [0.4, 0.5) is 0 Å². The van der Waals surface area contributed by atoms with Crippen molar-refractivity contribution < 1.29 is 19.2 Å². The Morgan fingerprint density at radius 1 is 0.741 bits per heavy atom. The van der Waals surface area contributed by atoms with Crippen molar-refractivity contribution in [3.63, 3.8) is 0 Å². The number of fused-ring (bicyclic) bond motifs is 5. The predicted molar refractivity (Wildman–Crippen MR) is 103 cm³/mol. The molecule has 2 amide bonds. The molecule has 0 radical (unpaired) electrons. The molecular formula is C22H19NO4. The second-order valence-electron chi connectivity index (χ2n) is 6.52. The monoisotopic (exact) mass is 361 g/mol. The zero-order valence-corrected chi connectivity index (χ0v) is 15.2. The van der Waals surface area contributed by atoms with Crippen molar-refractivity contribution in [1.82, 2.24) is 5.32 Å². The van der Waals surface area contributed by atoms with Gasteiger partial charge in [-0.2, -0.15) is 0 Å². The van der Waals surface area contributed by atoms with Gasteiger partial charge in [-0.1, -0.05) is 48.5 Å². The molecule has 3 aromatic carbocycles. The van der Waals surface area contributed by atoms with E-state index in [4.69, 9.17) is 0 Å². The molecule has 27 heavy (non-hydrogen) atoms. The number of ketones is 2. The molecule has 0 saturated carbocycles. The van der Waals surface area contributed by atoms with Crippen LogP contribution in [0.3, 0.4) is 0 Å². The summed E-state index contributed by atoms with van der Waals surface area (Å²) < 4.78 is 0. The number of amides is 2. The third-order valence-corrected chi connectivity index (χ3v) is 4.49.